The van der Waals surface area contributed by atoms with Crippen molar-refractivity contribution in [1.29, 1.82) is 0 Å². The number of fused-ring (bicyclic) bond motifs is 1. The number of aliphatic imine (C=N–C) groups is 1. The van der Waals surface area contributed by atoms with E-state index < -0.39 is 0 Å². The fraction of sp³-hybridized carbons (Fsp3) is 0.643. The molecule has 1 fully saturated rings. The third kappa shape index (κ3) is 3.29. The van der Waals surface area contributed by atoms with Crippen LogP contribution in [0.2, 0.25) is 4.34 Å². The summed E-state index contributed by atoms with van der Waals surface area (Å²) in [5.74, 6) is 2.05. The van der Waals surface area contributed by atoms with Gasteiger partial charge in [0.2, 0.25) is 0 Å². The van der Waals surface area contributed by atoms with Crippen LogP contribution in [0.4, 0.5) is 0 Å². The van der Waals surface area contributed by atoms with Gasteiger partial charge >= 0.3 is 0 Å². The molecule has 0 aromatic carbocycles. The Balaban J connectivity index is 1.65. The molecule has 1 aromatic heterocycles. The first-order chi connectivity index (χ1) is 9.22. The van der Waals surface area contributed by atoms with Crippen LogP contribution in [0.5, 0.6) is 0 Å². The molecule has 0 spiro atoms. The Labute approximate surface area is 128 Å². The summed E-state index contributed by atoms with van der Waals surface area (Å²) in [5, 5.41) is 4.67. The van der Waals surface area contributed by atoms with E-state index in [2.05, 4.69) is 18.3 Å². The minimum absolute atomic E-state index is 0.295. The smallest absolute Gasteiger partial charge is 0.157 e. The van der Waals surface area contributed by atoms with Crippen molar-refractivity contribution in [3.8, 4) is 0 Å². The van der Waals surface area contributed by atoms with Crippen molar-refractivity contribution in [2.24, 2.45) is 10.9 Å². The molecule has 104 valence electrons. The zero-order chi connectivity index (χ0) is 13.2. The molecule has 2 nitrogen and oxygen atoms in total. The lowest BCUT2D eigenvalue weighted by molar-refractivity contribution is 0.335. The summed E-state index contributed by atoms with van der Waals surface area (Å²) < 4.78 is 0.856. The van der Waals surface area contributed by atoms with E-state index >= 15 is 0 Å². The summed E-state index contributed by atoms with van der Waals surface area (Å²) in [4.78, 5) is 6.19. The zero-order valence-electron chi connectivity index (χ0n) is 11.1. The second-order valence-electron chi connectivity index (χ2n) is 5.37. The normalized spacial score (nSPS) is 28.4. The predicted molar refractivity (Wildman–Crippen MR) is 86.5 cm³/mol. The first kappa shape index (κ1) is 13.8. The zero-order valence-corrected chi connectivity index (χ0v) is 13.5. The fourth-order valence-corrected chi connectivity index (χ4v) is 5.12. The molecule has 3 unspecified atom stereocenters. The van der Waals surface area contributed by atoms with Crippen LogP contribution in [0, 0.1) is 5.92 Å². The molecular formula is C14H19ClN2S2. The summed E-state index contributed by atoms with van der Waals surface area (Å²) in [5.41, 5.74) is 0. The van der Waals surface area contributed by atoms with Gasteiger partial charge in [0.25, 0.3) is 0 Å². The Bertz CT molecular complexity index is 472. The Morgan fingerprint density at radius 2 is 2.21 bits per heavy atom. The Kier molecular flexibility index (Phi) is 4.40. The molecule has 3 atom stereocenters. The van der Waals surface area contributed by atoms with Crippen molar-refractivity contribution >= 4 is 39.9 Å². The maximum absolute atomic E-state index is 5.99. The largest absolute Gasteiger partial charge is 0.358 e. The summed E-state index contributed by atoms with van der Waals surface area (Å²) in [6.07, 6.45) is 5.38. The predicted octanol–water partition coefficient (Wildman–Crippen LogP) is 4.71. The maximum atomic E-state index is 5.99. The number of nitrogens with zero attached hydrogens (tertiary/aromatic N) is 1. The van der Waals surface area contributed by atoms with Crippen LogP contribution >= 0.6 is 34.7 Å². The van der Waals surface area contributed by atoms with Crippen molar-refractivity contribution in [2.45, 2.75) is 44.7 Å². The molecule has 5 heteroatoms. The van der Waals surface area contributed by atoms with E-state index in [0.717, 1.165) is 15.4 Å². The number of hydrogen-bond acceptors (Lipinski definition) is 4. The number of amidine groups is 1. The van der Waals surface area contributed by atoms with Gasteiger partial charge < -0.3 is 5.32 Å². The molecule has 19 heavy (non-hydrogen) atoms. The van der Waals surface area contributed by atoms with E-state index in [1.54, 1.807) is 11.3 Å². The monoisotopic (exact) mass is 314 g/mol. The lowest BCUT2D eigenvalue weighted by Crippen LogP contribution is -2.35. The molecular weight excluding hydrogens is 296 g/mol. The lowest BCUT2D eigenvalue weighted by atomic mass is 9.86. The van der Waals surface area contributed by atoms with Gasteiger partial charge in [0.15, 0.2) is 5.17 Å². The van der Waals surface area contributed by atoms with Gasteiger partial charge in [0, 0.05) is 10.6 Å². The van der Waals surface area contributed by atoms with Gasteiger partial charge in [0.05, 0.1) is 16.4 Å². The highest BCUT2D eigenvalue weighted by atomic mass is 35.5. The third-order valence-corrected chi connectivity index (χ3v) is 6.45. The highest BCUT2D eigenvalue weighted by Gasteiger charge is 2.29. The van der Waals surface area contributed by atoms with E-state index in [0.29, 0.717) is 12.1 Å². The second-order valence-corrected chi connectivity index (χ2v) is 8.12. The Morgan fingerprint density at radius 1 is 1.37 bits per heavy atom. The van der Waals surface area contributed by atoms with E-state index in [4.69, 9.17) is 16.6 Å². The molecule has 2 heterocycles. The first-order valence-corrected chi connectivity index (χ1v) is 9.13. The van der Waals surface area contributed by atoms with Crippen LogP contribution in [0.1, 0.15) is 43.5 Å². The molecule has 0 amide bonds. The maximum Gasteiger partial charge on any atom is 0.157 e. The summed E-state index contributed by atoms with van der Waals surface area (Å²) in [7, 11) is 0. The van der Waals surface area contributed by atoms with Crippen molar-refractivity contribution in [3.05, 3.63) is 21.3 Å². The molecule has 3 rings (SSSR count). The second kappa shape index (κ2) is 6.06. The van der Waals surface area contributed by atoms with Gasteiger partial charge in [-0.2, -0.15) is 0 Å². The molecule has 2 aliphatic rings. The number of nitrogens with one attached hydrogen (secondary N) is 1. The molecule has 0 radical (unpaired) electrons. The summed E-state index contributed by atoms with van der Waals surface area (Å²) >= 11 is 9.53. The Morgan fingerprint density at radius 3 is 3.00 bits per heavy atom. The highest BCUT2D eigenvalue weighted by Crippen LogP contribution is 2.34. The number of thioether (sulfide) groups is 1. The van der Waals surface area contributed by atoms with Gasteiger partial charge in [-0.05, 0) is 37.8 Å². The molecule has 1 aromatic rings. The van der Waals surface area contributed by atoms with Crippen molar-refractivity contribution in [2.75, 3.05) is 5.75 Å². The topological polar surface area (TPSA) is 24.4 Å². The average Bonchev–Trinajstić information content (AvgIpc) is 2.85. The van der Waals surface area contributed by atoms with Crippen LogP contribution in [0.15, 0.2) is 17.1 Å². The molecule has 0 saturated heterocycles. The van der Waals surface area contributed by atoms with Crippen LogP contribution in [-0.4, -0.2) is 17.0 Å². The number of rotatable bonds is 2. The SMILES string of the molecule is CC(NC1=NC2CCCCC2CS1)c1ccc(Cl)s1. The number of halogens is 1. The fourth-order valence-electron chi connectivity index (χ4n) is 2.82. The van der Waals surface area contributed by atoms with Crippen LogP contribution < -0.4 is 5.32 Å². The van der Waals surface area contributed by atoms with E-state index in [1.165, 1.54) is 36.3 Å². The quantitative estimate of drug-likeness (QED) is 0.854. The summed E-state index contributed by atoms with van der Waals surface area (Å²) in [6, 6.07) is 4.93. The molecule has 1 aliphatic carbocycles. The molecule has 1 N–H and O–H groups in total. The molecule has 0 bridgehead atoms. The van der Waals surface area contributed by atoms with Crippen molar-refractivity contribution in [1.82, 2.24) is 5.32 Å². The highest BCUT2D eigenvalue weighted by molar-refractivity contribution is 8.13. The van der Waals surface area contributed by atoms with E-state index in [-0.39, 0.29) is 0 Å². The lowest BCUT2D eigenvalue weighted by Gasteiger charge is -2.33. The standard InChI is InChI=1S/C14H19ClN2S2/c1-9(12-6-7-13(15)19-12)16-14-17-11-5-3-2-4-10(11)8-18-14/h6-7,9-11H,2-5,8H2,1H3,(H,16,17). The van der Waals surface area contributed by atoms with E-state index in [1.807, 2.05) is 17.8 Å². The van der Waals surface area contributed by atoms with Gasteiger partial charge in [-0.25, -0.2) is 0 Å². The van der Waals surface area contributed by atoms with E-state index in [9.17, 15) is 0 Å². The Hall–Kier alpha value is -0.190. The summed E-state index contributed by atoms with van der Waals surface area (Å²) in [6.45, 7) is 2.18. The third-order valence-electron chi connectivity index (χ3n) is 3.95. The molecule has 1 aliphatic heterocycles. The van der Waals surface area contributed by atoms with Gasteiger partial charge in [-0.1, -0.05) is 36.2 Å². The minimum atomic E-state index is 0.295. The van der Waals surface area contributed by atoms with Crippen molar-refractivity contribution in [3.63, 3.8) is 0 Å². The van der Waals surface area contributed by atoms with Crippen LogP contribution in [0.25, 0.3) is 0 Å². The average molecular weight is 315 g/mol. The van der Waals surface area contributed by atoms with Gasteiger partial charge in [-0.3, -0.25) is 4.99 Å². The van der Waals surface area contributed by atoms with Gasteiger partial charge in [0.1, 0.15) is 0 Å². The minimum Gasteiger partial charge on any atom is -0.358 e. The number of thiophene rings is 1. The van der Waals surface area contributed by atoms with Crippen molar-refractivity contribution < 1.29 is 0 Å². The first-order valence-electron chi connectivity index (χ1n) is 6.95. The van der Waals surface area contributed by atoms with Crippen LogP contribution in [0.3, 0.4) is 0 Å². The number of hydrogen-bond donors (Lipinski definition) is 1. The van der Waals surface area contributed by atoms with Crippen LogP contribution in [-0.2, 0) is 0 Å². The van der Waals surface area contributed by atoms with Gasteiger partial charge in [-0.15, -0.1) is 11.3 Å². The molecule has 1 saturated carbocycles.